The molecule has 4 rings (SSSR count). The van der Waals surface area contributed by atoms with E-state index < -0.39 is 5.97 Å². The van der Waals surface area contributed by atoms with Crippen LogP contribution in [0.5, 0.6) is 0 Å². The number of para-hydroxylation sites is 1. The molecule has 3 aromatic rings. The molecule has 150 valence electrons. The van der Waals surface area contributed by atoms with Crippen LogP contribution in [0.4, 0.5) is 0 Å². The number of aliphatic carboxylic acids is 1. The summed E-state index contributed by atoms with van der Waals surface area (Å²) in [6.45, 7) is 5.74. The predicted octanol–water partition coefficient (Wildman–Crippen LogP) is 4.53. The van der Waals surface area contributed by atoms with Crippen LogP contribution in [0.1, 0.15) is 30.9 Å². The molecule has 0 amide bonds. The third-order valence-corrected chi connectivity index (χ3v) is 6.02. The largest absolute Gasteiger partial charge is 0.481 e. The Morgan fingerprint density at radius 3 is 2.59 bits per heavy atom. The normalized spacial score (nSPS) is 19.9. The summed E-state index contributed by atoms with van der Waals surface area (Å²) < 4.78 is 1.93. The van der Waals surface area contributed by atoms with E-state index in [2.05, 4.69) is 30.2 Å². The molecular weight excluding hydrogens is 362 g/mol. The number of hydrogen-bond acceptors (Lipinski definition) is 3. The number of likely N-dealkylation sites (tertiary alicyclic amines) is 1. The zero-order valence-corrected chi connectivity index (χ0v) is 17.0. The van der Waals surface area contributed by atoms with E-state index in [-0.39, 0.29) is 12.0 Å². The first-order valence-corrected chi connectivity index (χ1v) is 10.2. The lowest BCUT2D eigenvalue weighted by Gasteiger charge is -2.37. The lowest BCUT2D eigenvalue weighted by molar-refractivity contribution is -0.145. The first-order chi connectivity index (χ1) is 14.0. The van der Waals surface area contributed by atoms with E-state index in [1.54, 1.807) is 0 Å². The Labute approximate surface area is 171 Å². The van der Waals surface area contributed by atoms with Gasteiger partial charge in [-0.1, -0.05) is 42.5 Å². The lowest BCUT2D eigenvalue weighted by atomic mass is 9.90. The number of aromatic nitrogens is 2. The van der Waals surface area contributed by atoms with Gasteiger partial charge in [-0.15, -0.1) is 0 Å². The first-order valence-electron chi connectivity index (χ1n) is 10.2. The van der Waals surface area contributed by atoms with Gasteiger partial charge in [0, 0.05) is 29.9 Å². The second-order valence-corrected chi connectivity index (χ2v) is 7.90. The highest BCUT2D eigenvalue weighted by molar-refractivity contribution is 5.71. The molecule has 5 heteroatoms. The van der Waals surface area contributed by atoms with Crippen molar-refractivity contribution in [2.24, 2.45) is 5.92 Å². The zero-order valence-electron chi connectivity index (χ0n) is 17.0. The van der Waals surface area contributed by atoms with Crippen molar-refractivity contribution >= 4 is 5.97 Å². The molecule has 29 heavy (non-hydrogen) atoms. The number of carboxylic acid groups (broad SMARTS) is 1. The molecule has 0 bridgehead atoms. The third kappa shape index (κ3) is 3.96. The number of carboxylic acids is 1. The van der Waals surface area contributed by atoms with Crippen LogP contribution >= 0.6 is 0 Å². The van der Waals surface area contributed by atoms with Gasteiger partial charge in [0.05, 0.1) is 17.3 Å². The highest BCUT2D eigenvalue weighted by Gasteiger charge is 2.33. The fraction of sp³-hybridized carbons (Fsp3) is 0.333. The van der Waals surface area contributed by atoms with E-state index in [1.165, 1.54) is 5.56 Å². The number of piperidine rings is 1. The monoisotopic (exact) mass is 389 g/mol. The van der Waals surface area contributed by atoms with Gasteiger partial charge in [0.25, 0.3) is 0 Å². The van der Waals surface area contributed by atoms with Crippen LogP contribution in [0.2, 0.25) is 0 Å². The Morgan fingerprint density at radius 2 is 1.86 bits per heavy atom. The highest BCUT2D eigenvalue weighted by Crippen LogP contribution is 2.31. The molecule has 2 atom stereocenters. The van der Waals surface area contributed by atoms with Gasteiger partial charge in [0.1, 0.15) is 0 Å². The Bertz CT molecular complexity index is 996. The van der Waals surface area contributed by atoms with E-state index in [0.29, 0.717) is 6.54 Å². The summed E-state index contributed by atoms with van der Waals surface area (Å²) >= 11 is 0. The summed E-state index contributed by atoms with van der Waals surface area (Å²) in [5.41, 5.74) is 5.42. The van der Waals surface area contributed by atoms with Crippen molar-refractivity contribution in [2.75, 3.05) is 6.54 Å². The molecule has 1 aliphatic heterocycles. The maximum absolute atomic E-state index is 11.6. The summed E-state index contributed by atoms with van der Waals surface area (Å²) in [5, 5.41) is 14.5. The minimum Gasteiger partial charge on any atom is -0.481 e. The van der Waals surface area contributed by atoms with Crippen molar-refractivity contribution in [3.63, 3.8) is 0 Å². The molecular formula is C24H27N3O2. The zero-order chi connectivity index (χ0) is 20.4. The molecule has 1 N–H and O–H groups in total. The lowest BCUT2D eigenvalue weighted by Crippen LogP contribution is -2.45. The summed E-state index contributed by atoms with van der Waals surface area (Å²) in [5.74, 6) is -1.00. The van der Waals surface area contributed by atoms with Crippen LogP contribution in [-0.4, -0.2) is 38.3 Å². The van der Waals surface area contributed by atoms with Crippen molar-refractivity contribution in [1.82, 2.24) is 14.7 Å². The van der Waals surface area contributed by atoms with E-state index in [1.807, 2.05) is 54.1 Å². The number of rotatable bonds is 5. The first kappa shape index (κ1) is 19.4. The second-order valence-electron chi connectivity index (χ2n) is 7.90. The van der Waals surface area contributed by atoms with Crippen LogP contribution in [0.25, 0.3) is 16.9 Å². The number of benzene rings is 2. The van der Waals surface area contributed by atoms with Crippen molar-refractivity contribution < 1.29 is 9.90 Å². The smallest absolute Gasteiger partial charge is 0.308 e. The standard InChI is InChI=1S/C24H27N3O2/c1-17-9-6-7-12-21(17)23-19(16-27(25-23)20-10-4-3-5-11-20)15-26-14-8-13-22(18(26)2)24(28)29/h3-7,9-12,16,18,22H,8,13-15H2,1-2H3,(H,28,29)/t18-,22-/m1/s1. The number of carbonyl (C=O) groups is 1. The molecule has 0 unspecified atom stereocenters. The van der Waals surface area contributed by atoms with Gasteiger partial charge in [-0.05, 0) is 50.9 Å². The van der Waals surface area contributed by atoms with Gasteiger partial charge in [0.15, 0.2) is 0 Å². The molecule has 5 nitrogen and oxygen atoms in total. The van der Waals surface area contributed by atoms with Gasteiger partial charge in [-0.25, -0.2) is 4.68 Å². The topological polar surface area (TPSA) is 58.4 Å². The molecule has 2 heterocycles. The van der Waals surface area contributed by atoms with Gasteiger partial charge in [0.2, 0.25) is 0 Å². The maximum Gasteiger partial charge on any atom is 0.308 e. The van der Waals surface area contributed by atoms with Gasteiger partial charge < -0.3 is 5.11 Å². The summed E-state index contributed by atoms with van der Waals surface area (Å²) in [7, 11) is 0. The van der Waals surface area contributed by atoms with Gasteiger partial charge in [-0.3, -0.25) is 9.69 Å². The average molecular weight is 389 g/mol. The van der Waals surface area contributed by atoms with Crippen LogP contribution in [-0.2, 0) is 11.3 Å². The summed E-state index contributed by atoms with van der Waals surface area (Å²) in [6.07, 6.45) is 3.75. The Balaban J connectivity index is 1.73. The third-order valence-electron chi connectivity index (χ3n) is 6.02. The van der Waals surface area contributed by atoms with E-state index >= 15 is 0 Å². The van der Waals surface area contributed by atoms with E-state index in [9.17, 15) is 9.90 Å². The molecule has 0 aliphatic carbocycles. The minimum absolute atomic E-state index is 0.00560. The Morgan fingerprint density at radius 1 is 1.14 bits per heavy atom. The average Bonchev–Trinajstić information content (AvgIpc) is 3.14. The Kier molecular flexibility index (Phi) is 5.49. The van der Waals surface area contributed by atoms with E-state index in [4.69, 9.17) is 5.10 Å². The van der Waals surface area contributed by atoms with Gasteiger partial charge in [-0.2, -0.15) is 5.10 Å². The summed E-state index contributed by atoms with van der Waals surface area (Å²) in [4.78, 5) is 13.9. The fourth-order valence-corrected chi connectivity index (χ4v) is 4.29. The molecule has 0 saturated carbocycles. The van der Waals surface area contributed by atoms with Crippen LogP contribution in [0, 0.1) is 12.8 Å². The van der Waals surface area contributed by atoms with Crippen molar-refractivity contribution in [3.05, 3.63) is 71.9 Å². The second kappa shape index (κ2) is 8.21. The molecule has 1 aromatic heterocycles. The molecule has 1 aliphatic rings. The predicted molar refractivity (Wildman–Crippen MR) is 114 cm³/mol. The maximum atomic E-state index is 11.6. The van der Waals surface area contributed by atoms with Crippen LogP contribution in [0.3, 0.4) is 0 Å². The van der Waals surface area contributed by atoms with Crippen molar-refractivity contribution in [2.45, 2.75) is 39.3 Å². The number of aryl methyl sites for hydroxylation is 1. The summed E-state index contributed by atoms with van der Waals surface area (Å²) in [6, 6.07) is 18.4. The minimum atomic E-state index is -0.693. The SMILES string of the molecule is Cc1ccccc1-c1nn(-c2ccccc2)cc1CN1CCC[C@@H](C(=O)O)[C@H]1C. The van der Waals surface area contributed by atoms with Crippen LogP contribution < -0.4 is 0 Å². The van der Waals surface area contributed by atoms with Gasteiger partial charge >= 0.3 is 5.97 Å². The number of hydrogen-bond donors (Lipinski definition) is 1. The molecule has 1 fully saturated rings. The van der Waals surface area contributed by atoms with Crippen molar-refractivity contribution in [1.29, 1.82) is 0 Å². The van der Waals surface area contributed by atoms with Crippen molar-refractivity contribution in [3.8, 4) is 16.9 Å². The Hall–Kier alpha value is -2.92. The molecule has 2 aromatic carbocycles. The fourth-order valence-electron chi connectivity index (χ4n) is 4.29. The van der Waals surface area contributed by atoms with E-state index in [0.717, 1.165) is 41.9 Å². The number of nitrogens with zero attached hydrogens (tertiary/aromatic N) is 3. The quantitative estimate of drug-likeness (QED) is 0.696. The molecule has 0 spiro atoms. The molecule has 0 radical (unpaired) electrons. The highest BCUT2D eigenvalue weighted by atomic mass is 16.4. The molecule has 1 saturated heterocycles. The van der Waals surface area contributed by atoms with Crippen LogP contribution in [0.15, 0.2) is 60.8 Å².